The molecule has 0 aliphatic carbocycles. The van der Waals surface area contributed by atoms with Gasteiger partial charge in [0.2, 0.25) is 15.9 Å². The first kappa shape index (κ1) is 15.8. The highest BCUT2D eigenvalue weighted by atomic mass is 32.2. The fraction of sp³-hybridized carbons (Fsp3) is 0.500. The Kier molecular flexibility index (Phi) is 4.53. The summed E-state index contributed by atoms with van der Waals surface area (Å²) in [6.45, 7) is 2.54. The van der Waals surface area contributed by atoms with E-state index in [-0.39, 0.29) is 22.4 Å². The molecule has 2 rings (SSSR count). The van der Waals surface area contributed by atoms with Gasteiger partial charge in [0, 0.05) is 26.1 Å². The van der Waals surface area contributed by atoms with Crippen molar-refractivity contribution in [2.24, 2.45) is 5.92 Å². The van der Waals surface area contributed by atoms with E-state index in [9.17, 15) is 13.2 Å². The second-order valence-corrected chi connectivity index (χ2v) is 7.24. The number of rotatable bonds is 3. The third kappa shape index (κ3) is 3.19. The summed E-state index contributed by atoms with van der Waals surface area (Å²) >= 11 is 0. The van der Waals surface area contributed by atoms with Gasteiger partial charge in [0.25, 0.3) is 0 Å². The van der Waals surface area contributed by atoms with E-state index in [4.69, 9.17) is 5.73 Å². The van der Waals surface area contributed by atoms with Crippen molar-refractivity contribution in [3.63, 3.8) is 0 Å². The maximum Gasteiger partial charge on any atom is 0.245 e. The molecule has 1 fully saturated rings. The fourth-order valence-corrected chi connectivity index (χ4v) is 4.17. The Balaban J connectivity index is 2.17. The average molecular weight is 311 g/mol. The number of carbonyl (C=O) groups excluding carboxylic acids is 1. The zero-order valence-electron chi connectivity index (χ0n) is 12.3. The maximum atomic E-state index is 12.6. The molecular weight excluding hydrogens is 290 g/mol. The van der Waals surface area contributed by atoms with Gasteiger partial charge in [-0.15, -0.1) is 0 Å². The predicted octanol–water partition coefficient (Wildman–Crippen LogP) is 0.724. The molecule has 1 aliphatic rings. The summed E-state index contributed by atoms with van der Waals surface area (Å²) in [6, 6.07) is 4.94. The highest BCUT2D eigenvalue weighted by Gasteiger charge is 2.32. The molecule has 0 saturated carbocycles. The Morgan fingerprint density at radius 2 is 1.95 bits per heavy atom. The molecule has 0 spiro atoms. The quantitative estimate of drug-likeness (QED) is 0.805. The smallest absolute Gasteiger partial charge is 0.245 e. The zero-order chi connectivity index (χ0) is 15.6. The summed E-state index contributed by atoms with van der Waals surface area (Å²) in [5.41, 5.74) is 7.03. The number of anilines is 1. The van der Waals surface area contributed by atoms with Gasteiger partial charge in [0.05, 0.1) is 5.69 Å². The van der Waals surface area contributed by atoms with Gasteiger partial charge in [-0.2, -0.15) is 4.31 Å². The lowest BCUT2D eigenvalue weighted by atomic mass is 9.97. The zero-order valence-corrected chi connectivity index (χ0v) is 13.1. The normalized spacial score (nSPS) is 17.6. The topological polar surface area (TPSA) is 92.5 Å². The predicted molar refractivity (Wildman–Crippen MR) is 81.1 cm³/mol. The standard InChI is InChI=1S/C14H21N3O3S/c1-10-3-4-13(12(15)9-10)21(19,20)17-7-5-11(6-8-17)14(18)16-2/h3-4,9,11H,5-8,15H2,1-2H3,(H,16,18). The van der Waals surface area contributed by atoms with E-state index in [0.29, 0.717) is 25.9 Å². The number of piperidine rings is 1. The summed E-state index contributed by atoms with van der Waals surface area (Å²) in [7, 11) is -1.99. The van der Waals surface area contributed by atoms with Crippen molar-refractivity contribution >= 4 is 21.6 Å². The van der Waals surface area contributed by atoms with Crippen LogP contribution in [0.4, 0.5) is 5.69 Å². The molecule has 21 heavy (non-hydrogen) atoms. The van der Waals surface area contributed by atoms with Crippen molar-refractivity contribution in [1.82, 2.24) is 9.62 Å². The van der Waals surface area contributed by atoms with E-state index in [1.54, 1.807) is 25.2 Å². The Morgan fingerprint density at radius 1 is 1.33 bits per heavy atom. The first-order valence-electron chi connectivity index (χ1n) is 6.94. The van der Waals surface area contributed by atoms with Crippen molar-refractivity contribution < 1.29 is 13.2 Å². The van der Waals surface area contributed by atoms with E-state index < -0.39 is 10.0 Å². The molecule has 1 amide bonds. The molecule has 1 aromatic carbocycles. The Hall–Kier alpha value is -1.60. The van der Waals surface area contributed by atoms with E-state index in [2.05, 4.69) is 5.32 Å². The van der Waals surface area contributed by atoms with Gasteiger partial charge in [-0.25, -0.2) is 8.42 Å². The highest BCUT2D eigenvalue weighted by molar-refractivity contribution is 7.89. The maximum absolute atomic E-state index is 12.6. The second-order valence-electron chi connectivity index (χ2n) is 5.33. The third-order valence-corrected chi connectivity index (χ3v) is 5.83. The fourth-order valence-electron chi connectivity index (χ4n) is 2.60. The van der Waals surface area contributed by atoms with Gasteiger partial charge in [0.1, 0.15) is 4.90 Å². The number of hydrogen-bond acceptors (Lipinski definition) is 4. The van der Waals surface area contributed by atoms with Crippen LogP contribution in [0.5, 0.6) is 0 Å². The van der Waals surface area contributed by atoms with Crippen LogP contribution in [0.15, 0.2) is 23.1 Å². The second kappa shape index (κ2) is 6.03. The van der Waals surface area contributed by atoms with Crippen molar-refractivity contribution in [3.8, 4) is 0 Å². The van der Waals surface area contributed by atoms with Crippen LogP contribution in [0.3, 0.4) is 0 Å². The lowest BCUT2D eigenvalue weighted by Gasteiger charge is -2.30. The van der Waals surface area contributed by atoms with Crippen LogP contribution in [0.25, 0.3) is 0 Å². The Bertz CT molecular complexity index is 635. The van der Waals surface area contributed by atoms with Gasteiger partial charge < -0.3 is 11.1 Å². The molecule has 0 atom stereocenters. The van der Waals surface area contributed by atoms with E-state index in [0.717, 1.165) is 5.56 Å². The van der Waals surface area contributed by atoms with Crippen molar-refractivity contribution in [2.45, 2.75) is 24.7 Å². The molecule has 116 valence electrons. The van der Waals surface area contributed by atoms with Crippen LogP contribution in [0.2, 0.25) is 0 Å². The number of nitrogens with zero attached hydrogens (tertiary/aromatic N) is 1. The molecule has 3 N–H and O–H groups in total. The Morgan fingerprint density at radius 3 is 2.48 bits per heavy atom. The van der Waals surface area contributed by atoms with Crippen LogP contribution in [0, 0.1) is 12.8 Å². The Labute approximate surface area is 125 Å². The molecular formula is C14H21N3O3S. The van der Waals surface area contributed by atoms with Crippen LogP contribution in [0.1, 0.15) is 18.4 Å². The highest BCUT2D eigenvalue weighted by Crippen LogP contribution is 2.27. The number of nitrogen functional groups attached to an aromatic ring is 1. The minimum absolute atomic E-state index is 0.0260. The molecule has 0 unspecified atom stereocenters. The minimum Gasteiger partial charge on any atom is -0.398 e. The third-order valence-electron chi connectivity index (χ3n) is 3.85. The van der Waals surface area contributed by atoms with Gasteiger partial charge in [-0.05, 0) is 37.5 Å². The largest absolute Gasteiger partial charge is 0.398 e. The summed E-state index contributed by atoms with van der Waals surface area (Å²) in [5, 5.41) is 2.61. The number of aryl methyl sites for hydroxylation is 1. The number of hydrogen-bond donors (Lipinski definition) is 2. The summed E-state index contributed by atoms with van der Waals surface area (Å²) in [5.74, 6) is -0.140. The van der Waals surface area contributed by atoms with Crippen LogP contribution in [-0.2, 0) is 14.8 Å². The number of amides is 1. The summed E-state index contributed by atoms with van der Waals surface area (Å²) in [4.78, 5) is 11.7. The minimum atomic E-state index is -3.59. The van der Waals surface area contributed by atoms with Crippen molar-refractivity contribution in [1.29, 1.82) is 0 Å². The van der Waals surface area contributed by atoms with E-state index in [1.807, 2.05) is 6.92 Å². The van der Waals surface area contributed by atoms with Gasteiger partial charge >= 0.3 is 0 Å². The molecule has 7 heteroatoms. The first-order valence-corrected chi connectivity index (χ1v) is 8.38. The average Bonchev–Trinajstić information content (AvgIpc) is 2.46. The van der Waals surface area contributed by atoms with Crippen molar-refractivity contribution in [2.75, 3.05) is 25.9 Å². The van der Waals surface area contributed by atoms with Crippen LogP contribution in [-0.4, -0.2) is 38.8 Å². The number of benzene rings is 1. The summed E-state index contributed by atoms with van der Waals surface area (Å²) in [6.07, 6.45) is 1.06. The SMILES string of the molecule is CNC(=O)C1CCN(S(=O)(=O)c2ccc(C)cc2N)CC1. The molecule has 0 bridgehead atoms. The molecule has 0 radical (unpaired) electrons. The molecule has 6 nitrogen and oxygen atoms in total. The lowest BCUT2D eigenvalue weighted by Crippen LogP contribution is -2.42. The van der Waals surface area contributed by atoms with E-state index >= 15 is 0 Å². The van der Waals surface area contributed by atoms with E-state index in [1.165, 1.54) is 4.31 Å². The number of nitrogens with one attached hydrogen (secondary N) is 1. The molecule has 0 aromatic heterocycles. The van der Waals surface area contributed by atoms with Gasteiger partial charge in [-0.3, -0.25) is 4.79 Å². The van der Waals surface area contributed by atoms with Crippen molar-refractivity contribution in [3.05, 3.63) is 23.8 Å². The van der Waals surface area contributed by atoms with Crippen LogP contribution >= 0.6 is 0 Å². The first-order chi connectivity index (χ1) is 9.86. The number of sulfonamides is 1. The molecule has 1 heterocycles. The number of nitrogens with two attached hydrogens (primary N) is 1. The molecule has 1 saturated heterocycles. The monoisotopic (exact) mass is 311 g/mol. The van der Waals surface area contributed by atoms with Gasteiger partial charge in [-0.1, -0.05) is 6.07 Å². The molecule has 1 aromatic rings. The summed E-state index contributed by atoms with van der Waals surface area (Å²) < 4.78 is 26.6. The number of carbonyl (C=O) groups is 1. The van der Waals surface area contributed by atoms with Crippen LogP contribution < -0.4 is 11.1 Å². The lowest BCUT2D eigenvalue weighted by molar-refractivity contribution is -0.125. The van der Waals surface area contributed by atoms with Gasteiger partial charge in [0.15, 0.2) is 0 Å². The molecule has 1 aliphatic heterocycles.